The molecule has 0 bridgehead atoms. The van der Waals surface area contributed by atoms with Crippen molar-refractivity contribution in [3.05, 3.63) is 29.3 Å². The van der Waals surface area contributed by atoms with Crippen LogP contribution in [0.15, 0.2) is 23.1 Å². The van der Waals surface area contributed by atoms with Gasteiger partial charge in [0.05, 0.1) is 35.8 Å². The number of aliphatic hydroxyl groups is 1. The Bertz CT molecular complexity index is 651. The molecule has 1 rings (SSSR count). The van der Waals surface area contributed by atoms with E-state index in [0.29, 0.717) is 6.07 Å². The Morgan fingerprint density at radius 2 is 1.77 bits per heavy atom. The molecule has 0 aliphatic carbocycles. The first-order chi connectivity index (χ1) is 10.3. The van der Waals surface area contributed by atoms with Gasteiger partial charge in [-0.1, -0.05) is 0 Å². The quantitative estimate of drug-likeness (QED) is 0.334. The maximum atomic E-state index is 11.8. The summed E-state index contributed by atoms with van der Waals surface area (Å²) in [7, 11) is -4.59. The Labute approximate surface area is 125 Å². The van der Waals surface area contributed by atoms with Gasteiger partial charge in [0.1, 0.15) is 6.61 Å². The Kier molecular flexibility index (Phi) is 6.43. The lowest BCUT2D eigenvalue weighted by molar-refractivity contribution is 0.0255. The molecule has 0 aliphatic heterocycles. The van der Waals surface area contributed by atoms with E-state index in [4.69, 9.17) is 24.2 Å². The van der Waals surface area contributed by atoms with Gasteiger partial charge in [0, 0.05) is 0 Å². The van der Waals surface area contributed by atoms with Crippen LogP contribution >= 0.6 is 0 Å². The molecule has 9 nitrogen and oxygen atoms in total. The van der Waals surface area contributed by atoms with Crippen LogP contribution in [0.1, 0.15) is 20.7 Å². The van der Waals surface area contributed by atoms with Crippen molar-refractivity contribution in [3.8, 4) is 0 Å². The summed E-state index contributed by atoms with van der Waals surface area (Å²) < 4.78 is 40.4. The average Bonchev–Trinajstić information content (AvgIpc) is 2.45. The smallest absolute Gasteiger partial charge is 0.339 e. The lowest BCUT2D eigenvalue weighted by Crippen LogP contribution is -2.16. The molecular formula is C12H14O9S. The summed E-state index contributed by atoms with van der Waals surface area (Å²) in [6, 6.07) is 2.49. The van der Waals surface area contributed by atoms with Crippen molar-refractivity contribution in [3.63, 3.8) is 0 Å². The highest BCUT2D eigenvalue weighted by Gasteiger charge is 2.21. The molecule has 22 heavy (non-hydrogen) atoms. The lowest BCUT2D eigenvalue weighted by atomic mass is 10.1. The van der Waals surface area contributed by atoms with Gasteiger partial charge in [0.25, 0.3) is 10.1 Å². The number of ether oxygens (including phenoxy) is 2. The molecule has 0 atom stereocenters. The Morgan fingerprint density at radius 3 is 2.32 bits per heavy atom. The molecule has 0 spiro atoms. The predicted molar refractivity (Wildman–Crippen MR) is 71.4 cm³/mol. The molecule has 3 N–H and O–H groups in total. The van der Waals surface area contributed by atoms with Gasteiger partial charge < -0.3 is 19.7 Å². The summed E-state index contributed by atoms with van der Waals surface area (Å²) >= 11 is 0. The third kappa shape index (κ3) is 5.07. The standard InChI is InChI=1S/C12H14O9S/c13-3-4-20-5-6-21-12(16)9-2-1-8(22(17,18)19)7-10(9)11(14)15/h1-2,7,13H,3-6H2,(H,14,15)(H,17,18,19). The normalized spacial score (nSPS) is 11.2. The fourth-order valence-electron chi connectivity index (χ4n) is 1.48. The van der Waals surface area contributed by atoms with Crippen LogP contribution in [0.25, 0.3) is 0 Å². The van der Waals surface area contributed by atoms with Crippen LogP contribution in [-0.2, 0) is 19.6 Å². The monoisotopic (exact) mass is 334 g/mol. The molecule has 0 aliphatic rings. The number of carbonyl (C=O) groups is 2. The van der Waals surface area contributed by atoms with E-state index in [1.54, 1.807) is 0 Å². The van der Waals surface area contributed by atoms with Crippen molar-refractivity contribution in [1.29, 1.82) is 0 Å². The molecule has 0 amide bonds. The van der Waals surface area contributed by atoms with Gasteiger partial charge in [-0.2, -0.15) is 8.42 Å². The van der Waals surface area contributed by atoms with Crippen molar-refractivity contribution in [1.82, 2.24) is 0 Å². The third-order valence-corrected chi connectivity index (χ3v) is 3.29. The summed E-state index contributed by atoms with van der Waals surface area (Å²) in [5.41, 5.74) is -0.974. The molecule has 10 heteroatoms. The van der Waals surface area contributed by atoms with Crippen LogP contribution < -0.4 is 0 Å². The number of carboxylic acid groups (broad SMARTS) is 1. The first kappa shape index (κ1) is 18.0. The average molecular weight is 334 g/mol. The van der Waals surface area contributed by atoms with Crippen LogP contribution in [0.3, 0.4) is 0 Å². The van der Waals surface area contributed by atoms with Gasteiger partial charge in [0.15, 0.2) is 0 Å². The zero-order valence-electron chi connectivity index (χ0n) is 11.3. The maximum Gasteiger partial charge on any atom is 0.339 e. The summed E-state index contributed by atoms with van der Waals surface area (Å²) in [6.07, 6.45) is 0. The molecule has 1 aromatic rings. The minimum absolute atomic E-state index is 0.0117. The highest BCUT2D eigenvalue weighted by atomic mass is 32.2. The van der Waals surface area contributed by atoms with E-state index in [2.05, 4.69) is 0 Å². The van der Waals surface area contributed by atoms with E-state index >= 15 is 0 Å². The van der Waals surface area contributed by atoms with Crippen molar-refractivity contribution in [2.24, 2.45) is 0 Å². The molecular weight excluding hydrogens is 320 g/mol. The molecule has 0 saturated carbocycles. The van der Waals surface area contributed by atoms with Gasteiger partial charge in [-0.15, -0.1) is 0 Å². The molecule has 0 radical (unpaired) electrons. The molecule has 1 aromatic carbocycles. The predicted octanol–water partition coefficient (Wildman–Crippen LogP) is -0.203. The van der Waals surface area contributed by atoms with E-state index in [-0.39, 0.29) is 32.0 Å². The number of aliphatic hydroxyl groups excluding tert-OH is 1. The van der Waals surface area contributed by atoms with Crippen LogP contribution in [0.5, 0.6) is 0 Å². The van der Waals surface area contributed by atoms with E-state index in [1.165, 1.54) is 0 Å². The van der Waals surface area contributed by atoms with Crippen LogP contribution in [0, 0.1) is 0 Å². The topological polar surface area (TPSA) is 147 Å². The van der Waals surface area contributed by atoms with Gasteiger partial charge in [-0.25, -0.2) is 9.59 Å². The van der Waals surface area contributed by atoms with Gasteiger partial charge in [-0.05, 0) is 18.2 Å². The number of benzene rings is 1. The number of carboxylic acids is 1. The van der Waals surface area contributed by atoms with Gasteiger partial charge in [-0.3, -0.25) is 4.55 Å². The van der Waals surface area contributed by atoms with Crippen LogP contribution in [-0.4, -0.2) is 61.5 Å². The zero-order chi connectivity index (χ0) is 16.8. The first-order valence-electron chi connectivity index (χ1n) is 5.98. The molecule has 0 saturated heterocycles. The number of rotatable bonds is 8. The van der Waals surface area contributed by atoms with E-state index in [1.807, 2.05) is 0 Å². The van der Waals surface area contributed by atoms with E-state index in [0.717, 1.165) is 12.1 Å². The minimum Gasteiger partial charge on any atom is -0.478 e. The first-order valence-corrected chi connectivity index (χ1v) is 7.42. The maximum absolute atomic E-state index is 11.8. The number of hydrogen-bond acceptors (Lipinski definition) is 7. The second-order valence-corrected chi connectivity index (χ2v) is 5.38. The number of hydrogen-bond donors (Lipinski definition) is 3. The largest absolute Gasteiger partial charge is 0.478 e. The molecule has 0 aromatic heterocycles. The summed E-state index contributed by atoms with van der Waals surface area (Å²) in [4.78, 5) is 22.2. The Hall–Kier alpha value is -2.01. The molecule has 0 unspecified atom stereocenters. The van der Waals surface area contributed by atoms with Crippen LogP contribution in [0.2, 0.25) is 0 Å². The number of carbonyl (C=O) groups excluding carboxylic acids is 1. The summed E-state index contributed by atoms with van der Waals surface area (Å²) in [5, 5.41) is 17.5. The second-order valence-electron chi connectivity index (χ2n) is 3.96. The molecule has 0 fully saturated rings. The van der Waals surface area contributed by atoms with Crippen LogP contribution in [0.4, 0.5) is 0 Å². The SMILES string of the molecule is O=C(O)c1cc(S(=O)(=O)O)ccc1C(=O)OCCOCCO. The van der Waals surface area contributed by atoms with Crippen molar-refractivity contribution in [2.75, 3.05) is 26.4 Å². The molecule has 0 heterocycles. The zero-order valence-corrected chi connectivity index (χ0v) is 12.1. The fourth-order valence-corrected chi connectivity index (χ4v) is 1.98. The lowest BCUT2D eigenvalue weighted by Gasteiger charge is -2.08. The second kappa shape index (κ2) is 7.84. The number of esters is 1. The molecule has 122 valence electrons. The minimum atomic E-state index is -4.59. The van der Waals surface area contributed by atoms with Gasteiger partial charge in [0.2, 0.25) is 0 Å². The van der Waals surface area contributed by atoms with E-state index in [9.17, 15) is 18.0 Å². The number of aromatic carboxylic acids is 1. The van der Waals surface area contributed by atoms with Crippen molar-refractivity contribution in [2.45, 2.75) is 4.90 Å². The van der Waals surface area contributed by atoms with Gasteiger partial charge >= 0.3 is 11.9 Å². The Balaban J connectivity index is 2.90. The fraction of sp³-hybridized carbons (Fsp3) is 0.333. The van der Waals surface area contributed by atoms with Crippen molar-refractivity contribution >= 4 is 22.1 Å². The summed E-state index contributed by atoms with van der Waals surface area (Å²) in [5.74, 6) is -2.53. The Morgan fingerprint density at radius 1 is 1.09 bits per heavy atom. The highest BCUT2D eigenvalue weighted by Crippen LogP contribution is 2.17. The van der Waals surface area contributed by atoms with E-state index < -0.39 is 32.5 Å². The third-order valence-electron chi connectivity index (χ3n) is 2.44. The van der Waals surface area contributed by atoms with Crippen molar-refractivity contribution < 1.29 is 42.2 Å². The summed E-state index contributed by atoms with van der Waals surface area (Å²) in [6.45, 7) is -0.273. The highest BCUT2D eigenvalue weighted by molar-refractivity contribution is 7.85.